The molecular weight excluding hydrogens is 405 g/mol. The molecule has 5 nitrogen and oxygen atoms in total. The quantitative estimate of drug-likeness (QED) is 0.649. The molecule has 0 aliphatic rings. The minimum atomic E-state index is -0.296. The van der Waals surface area contributed by atoms with Gasteiger partial charge in [-0.15, -0.1) is 0 Å². The Morgan fingerprint density at radius 3 is 2.26 bits per heavy atom. The van der Waals surface area contributed by atoms with Crippen molar-refractivity contribution in [1.82, 2.24) is 5.32 Å². The Morgan fingerprint density at radius 2 is 1.61 bits per heavy atom. The molecule has 120 valence electrons. The van der Waals surface area contributed by atoms with Crippen molar-refractivity contribution >= 4 is 45.9 Å². The summed E-state index contributed by atoms with van der Waals surface area (Å²) < 4.78 is 1.04. The number of carbonyl (C=O) groups excluding carboxylic acids is 2. The van der Waals surface area contributed by atoms with Crippen LogP contribution in [0.5, 0.6) is 0 Å². The largest absolute Gasteiger partial charge is 0.336 e. The molecular formula is C17H18IN3O2. The third kappa shape index (κ3) is 5.55. The fraction of sp³-hybridized carbons (Fsp3) is 0.176. The van der Waals surface area contributed by atoms with Crippen molar-refractivity contribution in [3.63, 3.8) is 0 Å². The standard InChI is InChI=1S/C17H18IN3O2/c1-11(2)19-17(23)21-14-7-3-5-12(9-14)16(22)20-15-8-4-6-13(18)10-15/h3-11H,1-2H3,(H,20,22)(H2,19,21,23). The predicted octanol–water partition coefficient (Wildman–Crippen LogP) is 4.07. The lowest BCUT2D eigenvalue weighted by molar-refractivity contribution is 0.102. The highest BCUT2D eigenvalue weighted by atomic mass is 127. The van der Waals surface area contributed by atoms with Gasteiger partial charge in [-0.2, -0.15) is 0 Å². The molecule has 0 saturated heterocycles. The molecule has 0 aliphatic heterocycles. The van der Waals surface area contributed by atoms with E-state index in [0.717, 1.165) is 9.26 Å². The minimum Gasteiger partial charge on any atom is -0.336 e. The van der Waals surface area contributed by atoms with Crippen LogP contribution in [0.25, 0.3) is 0 Å². The first-order chi connectivity index (χ1) is 10.9. The highest BCUT2D eigenvalue weighted by Gasteiger charge is 2.09. The van der Waals surface area contributed by atoms with Gasteiger partial charge in [0.15, 0.2) is 0 Å². The zero-order valence-electron chi connectivity index (χ0n) is 12.9. The molecule has 0 spiro atoms. The molecule has 0 bridgehead atoms. The van der Waals surface area contributed by atoms with Crippen LogP contribution in [0.2, 0.25) is 0 Å². The van der Waals surface area contributed by atoms with Crippen molar-refractivity contribution in [2.45, 2.75) is 19.9 Å². The van der Waals surface area contributed by atoms with Gasteiger partial charge >= 0.3 is 6.03 Å². The first-order valence-electron chi connectivity index (χ1n) is 7.18. The molecule has 0 aromatic heterocycles. The summed E-state index contributed by atoms with van der Waals surface area (Å²) in [5.74, 6) is -0.222. The fourth-order valence-corrected chi connectivity index (χ4v) is 2.48. The summed E-state index contributed by atoms with van der Waals surface area (Å²) >= 11 is 2.19. The van der Waals surface area contributed by atoms with Crippen molar-refractivity contribution in [1.29, 1.82) is 0 Å². The summed E-state index contributed by atoms with van der Waals surface area (Å²) in [4.78, 5) is 24.0. The molecule has 2 aromatic carbocycles. The summed E-state index contributed by atoms with van der Waals surface area (Å²) in [7, 11) is 0. The fourth-order valence-electron chi connectivity index (χ4n) is 1.94. The second kappa shape index (κ2) is 7.96. The highest BCUT2D eigenvalue weighted by Crippen LogP contribution is 2.15. The number of hydrogen-bond donors (Lipinski definition) is 3. The highest BCUT2D eigenvalue weighted by molar-refractivity contribution is 14.1. The average Bonchev–Trinajstić information content (AvgIpc) is 2.46. The summed E-state index contributed by atoms with van der Waals surface area (Å²) in [6.45, 7) is 3.76. The van der Waals surface area contributed by atoms with Crippen LogP contribution in [0.4, 0.5) is 16.2 Å². The molecule has 3 N–H and O–H groups in total. The Labute approximate surface area is 149 Å². The smallest absolute Gasteiger partial charge is 0.319 e. The summed E-state index contributed by atoms with van der Waals surface area (Å²) in [5.41, 5.74) is 1.78. The van der Waals surface area contributed by atoms with E-state index in [1.165, 1.54) is 0 Å². The molecule has 0 heterocycles. The maximum absolute atomic E-state index is 12.3. The summed E-state index contributed by atoms with van der Waals surface area (Å²) in [5, 5.41) is 8.28. The number of halogens is 1. The van der Waals surface area contributed by atoms with Crippen molar-refractivity contribution < 1.29 is 9.59 Å². The first kappa shape index (κ1) is 17.3. The second-order valence-electron chi connectivity index (χ2n) is 5.30. The number of carbonyl (C=O) groups is 2. The molecule has 6 heteroatoms. The number of benzene rings is 2. The van der Waals surface area contributed by atoms with Crippen LogP contribution in [0.1, 0.15) is 24.2 Å². The predicted molar refractivity (Wildman–Crippen MR) is 101 cm³/mol. The van der Waals surface area contributed by atoms with E-state index < -0.39 is 0 Å². The zero-order chi connectivity index (χ0) is 16.8. The van der Waals surface area contributed by atoms with E-state index in [-0.39, 0.29) is 18.0 Å². The lowest BCUT2D eigenvalue weighted by Crippen LogP contribution is -2.34. The van der Waals surface area contributed by atoms with Gasteiger partial charge in [-0.3, -0.25) is 4.79 Å². The molecule has 3 amide bonds. The van der Waals surface area contributed by atoms with E-state index in [1.54, 1.807) is 24.3 Å². The summed E-state index contributed by atoms with van der Waals surface area (Å²) in [6, 6.07) is 14.1. The normalized spacial score (nSPS) is 10.3. The van der Waals surface area contributed by atoms with Gasteiger partial charge in [0.1, 0.15) is 0 Å². The molecule has 0 aliphatic carbocycles. The van der Waals surface area contributed by atoms with Gasteiger partial charge in [0.05, 0.1) is 0 Å². The third-order valence-electron chi connectivity index (χ3n) is 2.88. The monoisotopic (exact) mass is 423 g/mol. The van der Waals surface area contributed by atoms with E-state index in [4.69, 9.17) is 0 Å². The van der Waals surface area contributed by atoms with Crippen LogP contribution in [-0.4, -0.2) is 18.0 Å². The maximum atomic E-state index is 12.3. The van der Waals surface area contributed by atoms with E-state index in [0.29, 0.717) is 11.3 Å². The van der Waals surface area contributed by atoms with Crippen molar-refractivity contribution in [2.24, 2.45) is 0 Å². The SMILES string of the molecule is CC(C)NC(=O)Nc1cccc(C(=O)Nc2cccc(I)c2)c1. The van der Waals surface area contributed by atoms with Gasteiger partial charge in [-0.25, -0.2) is 4.79 Å². The third-order valence-corrected chi connectivity index (χ3v) is 3.56. The van der Waals surface area contributed by atoms with Crippen LogP contribution in [-0.2, 0) is 0 Å². The first-order valence-corrected chi connectivity index (χ1v) is 8.26. The molecule has 2 aromatic rings. The van der Waals surface area contributed by atoms with Crippen molar-refractivity contribution in [2.75, 3.05) is 10.6 Å². The van der Waals surface area contributed by atoms with Crippen LogP contribution < -0.4 is 16.0 Å². The number of anilines is 2. The maximum Gasteiger partial charge on any atom is 0.319 e. The molecule has 23 heavy (non-hydrogen) atoms. The second-order valence-corrected chi connectivity index (χ2v) is 6.54. The average molecular weight is 423 g/mol. The zero-order valence-corrected chi connectivity index (χ0v) is 15.0. The van der Waals surface area contributed by atoms with E-state index in [9.17, 15) is 9.59 Å². The van der Waals surface area contributed by atoms with Crippen LogP contribution >= 0.6 is 22.6 Å². The Bertz CT molecular complexity index is 716. The number of hydrogen-bond acceptors (Lipinski definition) is 2. The van der Waals surface area contributed by atoms with Crippen LogP contribution in [0, 0.1) is 3.57 Å². The number of amides is 3. The number of nitrogens with one attached hydrogen (secondary N) is 3. The van der Waals surface area contributed by atoms with Gasteiger partial charge in [0.25, 0.3) is 5.91 Å². The van der Waals surface area contributed by atoms with Gasteiger partial charge in [-0.1, -0.05) is 12.1 Å². The molecule has 0 saturated carbocycles. The Morgan fingerprint density at radius 1 is 0.957 bits per heavy atom. The van der Waals surface area contributed by atoms with E-state index in [1.807, 2.05) is 38.1 Å². The molecule has 0 unspecified atom stereocenters. The van der Waals surface area contributed by atoms with Gasteiger partial charge in [0, 0.05) is 26.6 Å². The molecule has 0 atom stereocenters. The minimum absolute atomic E-state index is 0.0436. The van der Waals surface area contributed by atoms with Crippen LogP contribution in [0.3, 0.4) is 0 Å². The van der Waals surface area contributed by atoms with E-state index in [2.05, 4.69) is 38.5 Å². The number of urea groups is 1. The van der Waals surface area contributed by atoms with Crippen molar-refractivity contribution in [3.8, 4) is 0 Å². The van der Waals surface area contributed by atoms with Gasteiger partial charge in [0.2, 0.25) is 0 Å². The lowest BCUT2D eigenvalue weighted by Gasteiger charge is -2.11. The van der Waals surface area contributed by atoms with Gasteiger partial charge in [-0.05, 0) is 72.8 Å². The molecule has 2 rings (SSSR count). The Balaban J connectivity index is 2.06. The Hall–Kier alpha value is -2.09. The van der Waals surface area contributed by atoms with Crippen LogP contribution in [0.15, 0.2) is 48.5 Å². The summed E-state index contributed by atoms with van der Waals surface area (Å²) in [6.07, 6.45) is 0. The molecule has 0 fully saturated rings. The van der Waals surface area contributed by atoms with E-state index >= 15 is 0 Å². The Kier molecular flexibility index (Phi) is 5.97. The molecule has 0 radical (unpaired) electrons. The lowest BCUT2D eigenvalue weighted by atomic mass is 10.2. The van der Waals surface area contributed by atoms with Gasteiger partial charge < -0.3 is 16.0 Å². The topological polar surface area (TPSA) is 70.2 Å². The van der Waals surface area contributed by atoms with Crippen molar-refractivity contribution in [3.05, 3.63) is 57.7 Å². The number of rotatable bonds is 4.